The fourth-order valence-electron chi connectivity index (χ4n) is 0.793. The Bertz CT molecular complexity index is 110. The van der Waals surface area contributed by atoms with Crippen molar-refractivity contribution >= 4 is 7.12 Å². The molecular weight excluding hydrogens is 127 g/mol. The van der Waals surface area contributed by atoms with E-state index in [0.717, 1.165) is 24.8 Å². The molecule has 0 saturated heterocycles. The normalized spacial score (nSPS) is 11.8. The van der Waals surface area contributed by atoms with Crippen LogP contribution >= 0.6 is 0 Å². The minimum atomic E-state index is -1.28. The Morgan fingerprint density at radius 1 is 1.50 bits per heavy atom. The van der Waals surface area contributed by atoms with E-state index in [2.05, 4.69) is 6.92 Å². The lowest BCUT2D eigenvalue weighted by Crippen LogP contribution is -2.07. The smallest absolute Gasteiger partial charge is 0.424 e. The van der Waals surface area contributed by atoms with Crippen LogP contribution in [0.3, 0.4) is 0 Å². The number of rotatable bonds is 4. The molecule has 0 radical (unpaired) electrons. The zero-order chi connectivity index (χ0) is 7.98. The summed E-state index contributed by atoms with van der Waals surface area (Å²) in [7, 11) is -1.28. The molecule has 2 N–H and O–H groups in total. The van der Waals surface area contributed by atoms with Gasteiger partial charge in [0.05, 0.1) is 0 Å². The van der Waals surface area contributed by atoms with Crippen LogP contribution < -0.4 is 0 Å². The molecule has 0 spiro atoms. The summed E-state index contributed by atoms with van der Waals surface area (Å²) in [4.78, 5) is 0. The molecule has 0 rings (SSSR count). The Hall–Kier alpha value is -0.275. The first-order valence-electron chi connectivity index (χ1n) is 3.70. The molecule has 0 aliphatic rings. The molecule has 10 heavy (non-hydrogen) atoms. The van der Waals surface area contributed by atoms with Crippen LogP contribution in [0, 0.1) is 0 Å². The summed E-state index contributed by atoms with van der Waals surface area (Å²) < 4.78 is 0. The molecule has 0 bridgehead atoms. The summed E-state index contributed by atoms with van der Waals surface area (Å²) in [5.41, 5.74) is 1.05. The summed E-state index contributed by atoms with van der Waals surface area (Å²) in [6, 6.07) is 0. The maximum atomic E-state index is 8.50. The van der Waals surface area contributed by atoms with E-state index in [1.807, 2.05) is 6.92 Å². The lowest BCUT2D eigenvalue weighted by molar-refractivity contribution is 0.423. The average molecular weight is 142 g/mol. The van der Waals surface area contributed by atoms with Gasteiger partial charge in [-0.3, -0.25) is 0 Å². The van der Waals surface area contributed by atoms with E-state index < -0.39 is 7.12 Å². The monoisotopic (exact) mass is 142 g/mol. The predicted molar refractivity (Wildman–Crippen MR) is 43.5 cm³/mol. The van der Waals surface area contributed by atoms with E-state index in [0.29, 0.717) is 0 Å². The van der Waals surface area contributed by atoms with Gasteiger partial charge in [0.25, 0.3) is 0 Å². The Balaban J connectivity index is 3.49. The number of unbranched alkanes of at least 4 members (excludes halogenated alkanes) is 1. The second-order valence-electron chi connectivity index (χ2n) is 2.53. The van der Waals surface area contributed by atoms with E-state index in [9.17, 15) is 0 Å². The molecule has 3 heteroatoms. The van der Waals surface area contributed by atoms with Crippen molar-refractivity contribution in [3.05, 3.63) is 11.5 Å². The molecule has 0 unspecified atom stereocenters. The highest BCUT2D eigenvalue weighted by molar-refractivity contribution is 6.47. The second-order valence-corrected chi connectivity index (χ2v) is 2.53. The van der Waals surface area contributed by atoms with Gasteiger partial charge in [-0.1, -0.05) is 24.9 Å². The van der Waals surface area contributed by atoms with E-state index in [1.165, 1.54) is 5.98 Å². The highest BCUT2D eigenvalue weighted by Gasteiger charge is 2.00. The topological polar surface area (TPSA) is 40.5 Å². The van der Waals surface area contributed by atoms with E-state index in [-0.39, 0.29) is 0 Å². The molecule has 0 aromatic heterocycles. The third kappa shape index (κ3) is 5.85. The maximum Gasteiger partial charge on any atom is 0.480 e. The van der Waals surface area contributed by atoms with Crippen LogP contribution in [0.15, 0.2) is 11.5 Å². The fourth-order valence-corrected chi connectivity index (χ4v) is 0.793. The third-order valence-corrected chi connectivity index (χ3v) is 1.36. The molecule has 0 heterocycles. The maximum absolute atomic E-state index is 8.50. The van der Waals surface area contributed by atoms with Gasteiger partial charge in [0.15, 0.2) is 0 Å². The highest BCUT2D eigenvalue weighted by atomic mass is 16.4. The summed E-state index contributed by atoms with van der Waals surface area (Å²) in [6.45, 7) is 4.03. The zero-order valence-electron chi connectivity index (χ0n) is 6.67. The molecule has 0 fully saturated rings. The van der Waals surface area contributed by atoms with Gasteiger partial charge in [0, 0.05) is 0 Å². The molecule has 0 atom stereocenters. The van der Waals surface area contributed by atoms with E-state index >= 15 is 0 Å². The molecule has 0 aliphatic heterocycles. The van der Waals surface area contributed by atoms with Gasteiger partial charge >= 0.3 is 7.12 Å². The van der Waals surface area contributed by atoms with Crippen molar-refractivity contribution < 1.29 is 10.0 Å². The molecule has 0 saturated carbocycles. The lowest BCUT2D eigenvalue weighted by Gasteiger charge is -1.97. The molecule has 58 valence electrons. The highest BCUT2D eigenvalue weighted by Crippen LogP contribution is 2.05. The quantitative estimate of drug-likeness (QED) is 0.577. The van der Waals surface area contributed by atoms with Crippen molar-refractivity contribution in [1.82, 2.24) is 0 Å². The summed E-state index contributed by atoms with van der Waals surface area (Å²) in [6.07, 6.45) is 3.23. The van der Waals surface area contributed by atoms with Crippen LogP contribution in [-0.2, 0) is 0 Å². The van der Waals surface area contributed by atoms with Crippen LogP contribution in [-0.4, -0.2) is 17.2 Å². The van der Waals surface area contributed by atoms with Crippen molar-refractivity contribution in [3.8, 4) is 0 Å². The summed E-state index contributed by atoms with van der Waals surface area (Å²) in [5, 5.41) is 17.0. The molecule has 0 aromatic rings. The van der Waals surface area contributed by atoms with Gasteiger partial charge in [0.2, 0.25) is 0 Å². The van der Waals surface area contributed by atoms with Crippen molar-refractivity contribution in [2.75, 3.05) is 0 Å². The van der Waals surface area contributed by atoms with Crippen molar-refractivity contribution in [2.24, 2.45) is 0 Å². The molecular formula is C7H15BO2. The van der Waals surface area contributed by atoms with Crippen LogP contribution in [0.1, 0.15) is 33.1 Å². The standard InChI is InChI=1S/C7H15BO2/c1-3-4-5-7(2)6-8(9)10/h6,9-10H,3-5H2,1-2H3. The number of hydrogen-bond donors (Lipinski definition) is 2. The van der Waals surface area contributed by atoms with Gasteiger partial charge in [-0.25, -0.2) is 0 Å². The fraction of sp³-hybridized carbons (Fsp3) is 0.714. The SMILES string of the molecule is CCCCC(C)=CB(O)O. The Kier molecular flexibility index (Phi) is 5.35. The Labute approximate surface area is 62.7 Å². The Morgan fingerprint density at radius 3 is 2.50 bits per heavy atom. The first-order valence-corrected chi connectivity index (χ1v) is 3.70. The van der Waals surface area contributed by atoms with Gasteiger partial charge in [0.1, 0.15) is 0 Å². The molecule has 2 nitrogen and oxygen atoms in total. The molecule has 0 aromatic carbocycles. The minimum absolute atomic E-state index is 0.966. The predicted octanol–water partition coefficient (Wildman–Crippen LogP) is 1.13. The summed E-state index contributed by atoms with van der Waals surface area (Å²) >= 11 is 0. The number of allylic oxidation sites excluding steroid dienone is 1. The lowest BCUT2D eigenvalue weighted by atomic mass is 9.87. The largest absolute Gasteiger partial charge is 0.480 e. The van der Waals surface area contributed by atoms with Crippen LogP contribution in [0.4, 0.5) is 0 Å². The minimum Gasteiger partial charge on any atom is -0.424 e. The van der Waals surface area contributed by atoms with E-state index in [4.69, 9.17) is 10.0 Å². The van der Waals surface area contributed by atoms with Crippen molar-refractivity contribution in [1.29, 1.82) is 0 Å². The first-order chi connectivity index (χ1) is 4.66. The second kappa shape index (κ2) is 5.51. The Morgan fingerprint density at radius 2 is 2.10 bits per heavy atom. The summed E-state index contributed by atoms with van der Waals surface area (Å²) in [5.74, 6) is 1.47. The van der Waals surface area contributed by atoms with Gasteiger partial charge in [-0.2, -0.15) is 0 Å². The van der Waals surface area contributed by atoms with Crippen LogP contribution in [0.5, 0.6) is 0 Å². The van der Waals surface area contributed by atoms with Crippen LogP contribution in [0.25, 0.3) is 0 Å². The van der Waals surface area contributed by atoms with Crippen molar-refractivity contribution in [2.45, 2.75) is 33.1 Å². The average Bonchev–Trinajstić information content (AvgIpc) is 1.82. The third-order valence-electron chi connectivity index (χ3n) is 1.36. The zero-order valence-corrected chi connectivity index (χ0v) is 6.67. The number of hydrogen-bond acceptors (Lipinski definition) is 2. The molecule has 0 amide bonds. The van der Waals surface area contributed by atoms with Crippen LogP contribution in [0.2, 0.25) is 0 Å². The van der Waals surface area contributed by atoms with Gasteiger partial charge in [-0.15, -0.1) is 0 Å². The van der Waals surface area contributed by atoms with E-state index in [1.54, 1.807) is 0 Å². The van der Waals surface area contributed by atoms with Gasteiger partial charge < -0.3 is 10.0 Å². The van der Waals surface area contributed by atoms with Crippen molar-refractivity contribution in [3.63, 3.8) is 0 Å². The molecule has 0 aliphatic carbocycles. The van der Waals surface area contributed by atoms with Gasteiger partial charge in [-0.05, 0) is 19.8 Å². The first kappa shape index (κ1) is 9.72.